The summed E-state index contributed by atoms with van der Waals surface area (Å²) in [4.78, 5) is 32.4. The summed E-state index contributed by atoms with van der Waals surface area (Å²) in [6, 6.07) is 4.80. The topological polar surface area (TPSA) is 126 Å². The van der Waals surface area contributed by atoms with Crippen molar-refractivity contribution in [3.8, 4) is 0 Å². The van der Waals surface area contributed by atoms with Crippen LogP contribution in [0.15, 0.2) is 27.5 Å². The molecule has 9 heteroatoms. The van der Waals surface area contributed by atoms with Crippen LogP contribution in [0.2, 0.25) is 0 Å². The van der Waals surface area contributed by atoms with Crippen LogP contribution < -0.4 is 11.0 Å². The Kier molecular flexibility index (Phi) is 5.46. The van der Waals surface area contributed by atoms with Crippen molar-refractivity contribution in [3.63, 3.8) is 0 Å². The zero-order chi connectivity index (χ0) is 21.4. The quantitative estimate of drug-likeness (QED) is 0.590. The number of fused-ring (bicyclic) bond motifs is 1. The molecule has 1 unspecified atom stereocenters. The fraction of sp³-hybridized carbons (Fsp3) is 0.524. The summed E-state index contributed by atoms with van der Waals surface area (Å²) in [5, 5.41) is 16.5. The number of aliphatic hydroxyl groups is 1. The molecular formula is C21H27N5O4. The number of hydrogen-bond acceptors (Lipinski definition) is 6. The highest BCUT2D eigenvalue weighted by Crippen LogP contribution is 2.30. The van der Waals surface area contributed by atoms with Gasteiger partial charge in [-0.2, -0.15) is 4.98 Å². The second-order valence-electron chi connectivity index (χ2n) is 8.34. The van der Waals surface area contributed by atoms with Gasteiger partial charge in [-0.1, -0.05) is 19.0 Å². The molecule has 1 amide bonds. The number of aromatic nitrogens is 4. The number of rotatable bonds is 5. The Bertz CT molecular complexity index is 1100. The van der Waals surface area contributed by atoms with Crippen molar-refractivity contribution in [2.75, 3.05) is 0 Å². The van der Waals surface area contributed by atoms with Crippen LogP contribution in [-0.2, 0) is 0 Å². The number of aliphatic hydroxyl groups excluding tert-OH is 1. The third kappa shape index (κ3) is 3.89. The number of aromatic amines is 1. The first-order valence-corrected chi connectivity index (χ1v) is 10.4. The van der Waals surface area contributed by atoms with Gasteiger partial charge in [-0.05, 0) is 50.8 Å². The number of nitrogens with zero attached hydrogens (tertiary/aromatic N) is 3. The molecule has 9 nitrogen and oxygen atoms in total. The summed E-state index contributed by atoms with van der Waals surface area (Å²) in [6.07, 6.45) is 2.62. The lowest BCUT2D eigenvalue weighted by Gasteiger charge is -2.26. The standard InChI is InChI=1S/C21H27N5O4/c1-11(2)18-24-20(30-25-18)12(3)22-19(28)13-4-9-17-16(10-13)23-21(29)26(17)14-5-7-15(27)8-6-14/h4,9-12,14-15,27H,5-8H2,1-3H3,(H,22,28)(H,23,29). The van der Waals surface area contributed by atoms with Crippen molar-refractivity contribution in [1.82, 2.24) is 25.0 Å². The van der Waals surface area contributed by atoms with Crippen LogP contribution in [0.5, 0.6) is 0 Å². The predicted molar refractivity (Wildman–Crippen MR) is 110 cm³/mol. The normalized spacial score (nSPS) is 20.6. The van der Waals surface area contributed by atoms with Crippen LogP contribution in [0.4, 0.5) is 0 Å². The van der Waals surface area contributed by atoms with E-state index in [4.69, 9.17) is 4.52 Å². The van der Waals surface area contributed by atoms with Crippen LogP contribution in [0, 0.1) is 0 Å². The summed E-state index contributed by atoms with van der Waals surface area (Å²) in [5.41, 5.74) is 1.63. The van der Waals surface area contributed by atoms with Gasteiger partial charge in [0.15, 0.2) is 5.82 Å². The van der Waals surface area contributed by atoms with Gasteiger partial charge < -0.3 is 19.9 Å². The van der Waals surface area contributed by atoms with E-state index >= 15 is 0 Å². The molecule has 0 aliphatic heterocycles. The Hall–Kier alpha value is -2.94. The average molecular weight is 413 g/mol. The largest absolute Gasteiger partial charge is 0.393 e. The lowest BCUT2D eigenvalue weighted by Crippen LogP contribution is -2.27. The molecule has 160 valence electrons. The maximum absolute atomic E-state index is 12.7. The zero-order valence-electron chi connectivity index (χ0n) is 17.4. The molecule has 1 fully saturated rings. The van der Waals surface area contributed by atoms with E-state index in [-0.39, 0.29) is 29.7 Å². The van der Waals surface area contributed by atoms with E-state index in [2.05, 4.69) is 20.4 Å². The highest BCUT2D eigenvalue weighted by molar-refractivity contribution is 5.97. The van der Waals surface area contributed by atoms with E-state index < -0.39 is 6.04 Å². The number of carbonyl (C=O) groups excluding carboxylic acids is 1. The number of amides is 1. The first kappa shape index (κ1) is 20.3. The summed E-state index contributed by atoms with van der Waals surface area (Å²) in [6.45, 7) is 5.72. The van der Waals surface area contributed by atoms with Crippen molar-refractivity contribution in [1.29, 1.82) is 0 Å². The number of H-pyrrole nitrogens is 1. The molecular weight excluding hydrogens is 386 g/mol. The highest BCUT2D eigenvalue weighted by Gasteiger charge is 2.24. The molecule has 2 aromatic heterocycles. The van der Waals surface area contributed by atoms with Crippen LogP contribution in [-0.4, -0.2) is 36.8 Å². The lowest BCUT2D eigenvalue weighted by molar-refractivity contribution is 0.0932. The number of imidazole rings is 1. The number of nitrogens with one attached hydrogen (secondary N) is 2. The molecule has 30 heavy (non-hydrogen) atoms. The van der Waals surface area contributed by atoms with Crippen molar-refractivity contribution >= 4 is 16.9 Å². The Morgan fingerprint density at radius 3 is 2.67 bits per heavy atom. The summed E-state index contributed by atoms with van der Waals surface area (Å²) in [5.74, 6) is 0.804. The summed E-state index contributed by atoms with van der Waals surface area (Å²) >= 11 is 0. The Balaban J connectivity index is 1.53. The molecule has 0 saturated heterocycles. The van der Waals surface area contributed by atoms with Gasteiger partial charge in [-0.3, -0.25) is 9.36 Å². The minimum atomic E-state index is -0.439. The second kappa shape index (κ2) is 8.06. The minimum absolute atomic E-state index is 0.0574. The van der Waals surface area contributed by atoms with Crippen molar-refractivity contribution < 1.29 is 14.4 Å². The van der Waals surface area contributed by atoms with Gasteiger partial charge in [-0.15, -0.1) is 0 Å². The Morgan fingerprint density at radius 1 is 1.27 bits per heavy atom. The smallest absolute Gasteiger partial charge is 0.326 e. The summed E-state index contributed by atoms with van der Waals surface area (Å²) in [7, 11) is 0. The van der Waals surface area contributed by atoms with Gasteiger partial charge in [0.25, 0.3) is 5.91 Å². The monoisotopic (exact) mass is 413 g/mol. The van der Waals surface area contributed by atoms with E-state index in [1.165, 1.54) is 0 Å². The van der Waals surface area contributed by atoms with Crippen molar-refractivity contribution in [2.24, 2.45) is 0 Å². The van der Waals surface area contributed by atoms with E-state index in [1.807, 2.05) is 13.8 Å². The molecule has 1 atom stereocenters. The first-order valence-electron chi connectivity index (χ1n) is 10.4. The third-order valence-corrected chi connectivity index (χ3v) is 5.70. The number of carbonyl (C=O) groups is 1. The molecule has 1 aliphatic carbocycles. The average Bonchev–Trinajstić information content (AvgIpc) is 3.32. The number of benzene rings is 1. The fourth-order valence-corrected chi connectivity index (χ4v) is 3.95. The number of hydrogen-bond donors (Lipinski definition) is 3. The zero-order valence-corrected chi connectivity index (χ0v) is 17.4. The molecule has 3 N–H and O–H groups in total. The molecule has 4 rings (SSSR count). The molecule has 1 aliphatic rings. The van der Waals surface area contributed by atoms with Crippen LogP contribution >= 0.6 is 0 Å². The van der Waals surface area contributed by atoms with Crippen LogP contribution in [0.1, 0.15) is 86.5 Å². The Labute approximate surface area is 173 Å². The molecule has 1 aromatic carbocycles. The van der Waals surface area contributed by atoms with Crippen molar-refractivity contribution in [2.45, 2.75) is 70.6 Å². The molecule has 3 aromatic rings. The fourth-order valence-electron chi connectivity index (χ4n) is 3.95. The summed E-state index contributed by atoms with van der Waals surface area (Å²) < 4.78 is 6.99. The van der Waals surface area contributed by atoms with Gasteiger partial charge in [0.05, 0.1) is 17.1 Å². The van der Waals surface area contributed by atoms with E-state index in [1.54, 1.807) is 29.7 Å². The minimum Gasteiger partial charge on any atom is -0.393 e. The van der Waals surface area contributed by atoms with Crippen molar-refractivity contribution in [3.05, 3.63) is 46.0 Å². The predicted octanol–water partition coefficient (Wildman–Crippen LogP) is 2.80. The lowest BCUT2D eigenvalue weighted by atomic mass is 9.93. The second-order valence-corrected chi connectivity index (χ2v) is 8.34. The molecule has 1 saturated carbocycles. The van der Waals surface area contributed by atoms with E-state index in [0.29, 0.717) is 35.6 Å². The third-order valence-electron chi connectivity index (χ3n) is 5.70. The van der Waals surface area contributed by atoms with E-state index in [9.17, 15) is 14.7 Å². The maximum atomic E-state index is 12.7. The molecule has 0 radical (unpaired) electrons. The van der Waals surface area contributed by atoms with Crippen LogP contribution in [0.3, 0.4) is 0 Å². The molecule has 2 heterocycles. The molecule has 0 bridgehead atoms. The van der Waals surface area contributed by atoms with Gasteiger partial charge in [-0.25, -0.2) is 4.79 Å². The van der Waals surface area contributed by atoms with Gasteiger partial charge in [0.2, 0.25) is 5.89 Å². The first-order chi connectivity index (χ1) is 14.3. The van der Waals surface area contributed by atoms with Gasteiger partial charge in [0, 0.05) is 17.5 Å². The molecule has 0 spiro atoms. The van der Waals surface area contributed by atoms with E-state index in [0.717, 1.165) is 18.4 Å². The SMILES string of the molecule is CC(C)c1noc(C(C)NC(=O)c2ccc3c(c2)[nH]c(=O)n3C2CCC(O)CC2)n1. The maximum Gasteiger partial charge on any atom is 0.326 e. The highest BCUT2D eigenvalue weighted by atomic mass is 16.5. The Morgan fingerprint density at radius 2 is 2.00 bits per heavy atom. The van der Waals surface area contributed by atoms with Crippen LogP contribution in [0.25, 0.3) is 11.0 Å². The van der Waals surface area contributed by atoms with Gasteiger partial charge >= 0.3 is 5.69 Å². The van der Waals surface area contributed by atoms with Gasteiger partial charge in [0.1, 0.15) is 6.04 Å².